The number of amides is 1. The summed E-state index contributed by atoms with van der Waals surface area (Å²) >= 11 is 0. The Morgan fingerprint density at radius 1 is 1.21 bits per heavy atom. The van der Waals surface area contributed by atoms with Gasteiger partial charge in [-0.15, -0.1) is 5.10 Å². The summed E-state index contributed by atoms with van der Waals surface area (Å²) in [5.74, 6) is -0.286. The van der Waals surface area contributed by atoms with Crippen LogP contribution < -0.4 is 5.32 Å². The molecule has 0 fully saturated rings. The molecule has 0 aliphatic heterocycles. The number of carbonyl (C=O) groups excluding carboxylic acids is 1. The number of aromatic nitrogens is 2. The molecule has 1 aromatic heterocycles. The number of sulfone groups is 1. The van der Waals surface area contributed by atoms with E-state index in [-0.39, 0.29) is 17.6 Å². The van der Waals surface area contributed by atoms with E-state index in [0.717, 1.165) is 5.56 Å². The van der Waals surface area contributed by atoms with Crippen LogP contribution in [0.15, 0.2) is 33.9 Å². The van der Waals surface area contributed by atoms with E-state index in [0.29, 0.717) is 12.0 Å². The number of carbonyl (C=O) groups is 1. The van der Waals surface area contributed by atoms with E-state index in [4.69, 9.17) is 9.15 Å². The molecule has 2 atom stereocenters. The third-order valence-corrected chi connectivity index (χ3v) is 5.73. The predicted octanol–water partition coefficient (Wildman–Crippen LogP) is 3.96. The molecule has 1 aromatic carbocycles. The van der Waals surface area contributed by atoms with Crippen LogP contribution in [-0.4, -0.2) is 30.3 Å². The van der Waals surface area contributed by atoms with Crippen LogP contribution in [0.25, 0.3) is 0 Å². The van der Waals surface area contributed by atoms with Crippen LogP contribution in [-0.2, 0) is 20.3 Å². The quantitative estimate of drug-likeness (QED) is 0.717. The van der Waals surface area contributed by atoms with Crippen LogP contribution >= 0.6 is 0 Å². The van der Waals surface area contributed by atoms with Gasteiger partial charge in [0.05, 0.1) is 5.75 Å². The Hall–Kier alpha value is -2.42. The smallest absolute Gasteiger partial charge is 0.408 e. The van der Waals surface area contributed by atoms with Crippen LogP contribution in [0.3, 0.4) is 0 Å². The Bertz CT molecular complexity index is 930. The average Bonchev–Trinajstić information content (AvgIpc) is 3.10. The summed E-state index contributed by atoms with van der Waals surface area (Å²) < 4.78 is 36.1. The number of benzene rings is 1. The Balaban J connectivity index is 2.22. The first kappa shape index (κ1) is 22.9. The Labute approximate surface area is 172 Å². The number of rotatable bonds is 7. The number of alkyl carbamates (subject to hydrolysis) is 1. The van der Waals surface area contributed by atoms with Gasteiger partial charge in [-0.25, -0.2) is 13.2 Å². The van der Waals surface area contributed by atoms with Crippen molar-refractivity contribution in [3.63, 3.8) is 0 Å². The molecule has 0 radical (unpaired) electrons. The minimum atomic E-state index is -3.81. The first-order chi connectivity index (χ1) is 13.4. The second kappa shape index (κ2) is 8.94. The average molecular weight is 424 g/mol. The van der Waals surface area contributed by atoms with Gasteiger partial charge in [-0.05, 0) is 39.2 Å². The maximum absolute atomic E-state index is 12.7. The van der Waals surface area contributed by atoms with Gasteiger partial charge < -0.3 is 14.5 Å². The molecule has 0 aliphatic carbocycles. The van der Waals surface area contributed by atoms with Crippen LogP contribution in [0.2, 0.25) is 0 Å². The van der Waals surface area contributed by atoms with E-state index in [1.165, 1.54) is 0 Å². The zero-order valence-corrected chi connectivity index (χ0v) is 18.5. The molecule has 0 saturated carbocycles. The fourth-order valence-corrected chi connectivity index (χ4v) is 3.69. The highest BCUT2D eigenvalue weighted by molar-refractivity contribution is 7.90. The highest BCUT2D eigenvalue weighted by Gasteiger charge is 2.31. The van der Waals surface area contributed by atoms with E-state index < -0.39 is 32.8 Å². The van der Waals surface area contributed by atoms with Crippen LogP contribution in [0.1, 0.15) is 64.1 Å². The van der Waals surface area contributed by atoms with E-state index in [1.807, 2.05) is 32.9 Å². The Morgan fingerprint density at radius 3 is 2.38 bits per heavy atom. The second-order valence-electron chi connectivity index (χ2n) is 8.16. The molecule has 9 heteroatoms. The van der Waals surface area contributed by atoms with Crippen molar-refractivity contribution in [2.24, 2.45) is 5.92 Å². The summed E-state index contributed by atoms with van der Waals surface area (Å²) in [6, 6.07) is 6.51. The van der Waals surface area contributed by atoms with Gasteiger partial charge in [0, 0.05) is 0 Å². The van der Waals surface area contributed by atoms with E-state index in [9.17, 15) is 13.2 Å². The topological polar surface area (TPSA) is 111 Å². The van der Waals surface area contributed by atoms with Crippen molar-refractivity contribution in [3.05, 3.63) is 41.3 Å². The molecule has 0 saturated heterocycles. The molecular formula is C20H29N3O5S. The van der Waals surface area contributed by atoms with Gasteiger partial charge in [0.2, 0.25) is 15.7 Å². The maximum Gasteiger partial charge on any atom is 0.408 e. The van der Waals surface area contributed by atoms with Gasteiger partial charge in [0.15, 0.2) is 0 Å². The minimum Gasteiger partial charge on any atom is -0.444 e. The molecule has 1 N–H and O–H groups in total. The van der Waals surface area contributed by atoms with Crippen LogP contribution in [0.5, 0.6) is 0 Å². The summed E-state index contributed by atoms with van der Waals surface area (Å²) in [5.41, 5.74) is 0.998. The molecule has 0 bridgehead atoms. The summed E-state index contributed by atoms with van der Waals surface area (Å²) in [4.78, 5) is 12.2. The molecule has 29 heavy (non-hydrogen) atoms. The van der Waals surface area contributed by atoms with Crippen molar-refractivity contribution in [2.75, 3.05) is 0 Å². The minimum absolute atomic E-state index is 0.0349. The lowest BCUT2D eigenvalue weighted by Crippen LogP contribution is -2.37. The third kappa shape index (κ3) is 6.56. The Morgan fingerprint density at radius 2 is 1.83 bits per heavy atom. The molecule has 2 rings (SSSR count). The van der Waals surface area contributed by atoms with Crippen LogP contribution in [0.4, 0.5) is 4.79 Å². The van der Waals surface area contributed by atoms with Crippen molar-refractivity contribution < 1.29 is 22.4 Å². The molecule has 2 aromatic rings. The van der Waals surface area contributed by atoms with Crippen LogP contribution in [0, 0.1) is 12.8 Å². The number of hydrogen-bond donors (Lipinski definition) is 1. The van der Waals surface area contributed by atoms with Crippen molar-refractivity contribution in [3.8, 4) is 0 Å². The zero-order valence-electron chi connectivity index (χ0n) is 17.7. The molecular weight excluding hydrogens is 394 g/mol. The number of nitrogens with one attached hydrogen (secondary N) is 1. The normalized spacial score (nSPS) is 14.3. The van der Waals surface area contributed by atoms with E-state index >= 15 is 0 Å². The molecule has 160 valence electrons. The number of nitrogens with zero attached hydrogens (tertiary/aromatic N) is 2. The van der Waals surface area contributed by atoms with Gasteiger partial charge >= 0.3 is 11.3 Å². The summed E-state index contributed by atoms with van der Waals surface area (Å²) in [6.07, 6.45) is 0.0685. The van der Waals surface area contributed by atoms with Gasteiger partial charge in [-0.2, -0.15) is 0 Å². The molecule has 8 nitrogen and oxygen atoms in total. The number of aryl methyl sites for hydroxylation is 1. The van der Waals surface area contributed by atoms with E-state index in [1.54, 1.807) is 32.9 Å². The zero-order chi connectivity index (χ0) is 21.8. The summed E-state index contributed by atoms with van der Waals surface area (Å²) in [5, 5.41) is 9.86. The molecule has 1 heterocycles. The van der Waals surface area contributed by atoms with Crippen molar-refractivity contribution in [2.45, 2.75) is 70.6 Å². The maximum atomic E-state index is 12.7. The monoisotopic (exact) mass is 423 g/mol. The van der Waals surface area contributed by atoms with E-state index in [2.05, 4.69) is 15.5 Å². The Kier molecular flexibility index (Phi) is 7.05. The van der Waals surface area contributed by atoms with Crippen molar-refractivity contribution in [1.82, 2.24) is 15.5 Å². The molecule has 0 unspecified atom stereocenters. The summed E-state index contributed by atoms with van der Waals surface area (Å²) in [6.45, 7) is 11.0. The lowest BCUT2D eigenvalue weighted by molar-refractivity contribution is 0.0473. The second-order valence-corrected chi connectivity index (χ2v) is 10.0. The first-order valence-corrected chi connectivity index (χ1v) is 11.2. The largest absolute Gasteiger partial charge is 0.444 e. The first-order valence-electron chi connectivity index (χ1n) is 9.52. The van der Waals surface area contributed by atoms with Gasteiger partial charge in [-0.1, -0.05) is 55.2 Å². The lowest BCUT2D eigenvalue weighted by Gasteiger charge is -2.24. The van der Waals surface area contributed by atoms with Crippen molar-refractivity contribution in [1.29, 1.82) is 0 Å². The van der Waals surface area contributed by atoms with Gasteiger partial charge in [0.1, 0.15) is 11.6 Å². The highest BCUT2D eigenvalue weighted by atomic mass is 32.2. The number of ether oxygens (including phenoxy) is 1. The highest BCUT2D eigenvalue weighted by Crippen LogP contribution is 2.26. The van der Waals surface area contributed by atoms with Gasteiger partial charge in [0.25, 0.3) is 0 Å². The standard InChI is InChI=1S/C20H29N3O5S/c1-7-14(3)16(21-18(24)28-20(4,5)6)17-22-23-19(27-17)29(25,26)12-15-10-8-13(2)9-11-15/h8-11,14,16H,7,12H2,1-6H3,(H,21,24)/t14-,16-/m0/s1. The SMILES string of the molecule is CC[C@H](C)[C@H](NC(=O)OC(C)(C)C)c1nnc(S(=O)(=O)Cc2ccc(C)cc2)o1. The molecule has 0 spiro atoms. The fraction of sp³-hybridized carbons (Fsp3) is 0.550. The summed E-state index contributed by atoms with van der Waals surface area (Å²) in [7, 11) is -3.81. The molecule has 1 amide bonds. The third-order valence-electron chi connectivity index (χ3n) is 4.32. The predicted molar refractivity (Wildman–Crippen MR) is 108 cm³/mol. The fourth-order valence-electron chi connectivity index (χ4n) is 2.55. The van der Waals surface area contributed by atoms with Gasteiger partial charge in [-0.3, -0.25) is 0 Å². The number of hydrogen-bond acceptors (Lipinski definition) is 7. The molecule has 0 aliphatic rings. The lowest BCUT2D eigenvalue weighted by atomic mass is 9.99. The van der Waals surface area contributed by atoms with Crippen molar-refractivity contribution >= 4 is 15.9 Å².